The molecule has 1 fully saturated rings. The number of likely N-dealkylation sites (tertiary alicyclic amines) is 1. The molecule has 3 rings (SSSR count). The molecule has 12 nitrogen and oxygen atoms in total. The van der Waals surface area contributed by atoms with Crippen LogP contribution in [-0.4, -0.2) is 80.4 Å². The highest BCUT2D eigenvalue weighted by atomic mass is 16.5. The van der Waals surface area contributed by atoms with Gasteiger partial charge in [0.2, 0.25) is 0 Å². The van der Waals surface area contributed by atoms with Crippen LogP contribution < -0.4 is 5.32 Å². The van der Waals surface area contributed by atoms with Gasteiger partial charge in [0.15, 0.2) is 0 Å². The van der Waals surface area contributed by atoms with E-state index in [1.807, 2.05) is 24.3 Å². The zero-order valence-corrected chi connectivity index (χ0v) is 22.3. The van der Waals surface area contributed by atoms with E-state index in [0.717, 1.165) is 45.3 Å². The molecule has 1 aliphatic rings. The van der Waals surface area contributed by atoms with Crippen LogP contribution in [0.25, 0.3) is 0 Å². The second-order valence-electron chi connectivity index (χ2n) is 8.89. The molecule has 2 aromatic carbocycles. The fourth-order valence-corrected chi connectivity index (χ4v) is 3.70. The third-order valence-electron chi connectivity index (χ3n) is 5.92. The first-order valence-electron chi connectivity index (χ1n) is 12.7. The minimum Gasteiger partial charge on any atom is -0.473 e. The number of aliphatic carboxylic acids is 4. The van der Waals surface area contributed by atoms with E-state index in [1.54, 1.807) is 0 Å². The van der Waals surface area contributed by atoms with Crippen LogP contribution in [0, 0.1) is 0 Å². The van der Waals surface area contributed by atoms with E-state index in [-0.39, 0.29) is 5.97 Å². The van der Waals surface area contributed by atoms with Crippen LogP contribution in [0.2, 0.25) is 0 Å². The highest BCUT2D eigenvalue weighted by molar-refractivity contribution is 6.27. The number of hydrogen-bond donors (Lipinski definition) is 5. The molecule has 1 aliphatic heterocycles. The number of rotatable bonds is 9. The Bertz CT molecular complexity index is 1040. The molecule has 0 aliphatic carbocycles. The molecule has 5 N–H and O–H groups in total. The predicted molar refractivity (Wildman–Crippen MR) is 143 cm³/mol. The van der Waals surface area contributed by atoms with Gasteiger partial charge in [0.1, 0.15) is 5.54 Å². The van der Waals surface area contributed by atoms with E-state index in [0.29, 0.717) is 13.2 Å². The van der Waals surface area contributed by atoms with Crippen LogP contribution in [0.3, 0.4) is 0 Å². The maximum Gasteiger partial charge on any atom is 0.414 e. The summed E-state index contributed by atoms with van der Waals surface area (Å²) < 4.78 is 5.65. The highest BCUT2D eigenvalue weighted by Crippen LogP contribution is 2.26. The number of unbranched alkanes of at least 4 members (excludes halogenated alkanes) is 1. The van der Waals surface area contributed by atoms with E-state index >= 15 is 0 Å². The Morgan fingerprint density at radius 1 is 0.775 bits per heavy atom. The minimum absolute atomic E-state index is 0.0868. The Kier molecular flexibility index (Phi) is 15.2. The van der Waals surface area contributed by atoms with Crippen LogP contribution in [-0.2, 0) is 41.8 Å². The van der Waals surface area contributed by atoms with Gasteiger partial charge in [-0.05, 0) is 30.4 Å². The summed E-state index contributed by atoms with van der Waals surface area (Å²) in [5.74, 6) is -7.38. The maximum atomic E-state index is 13.0. The van der Waals surface area contributed by atoms with Gasteiger partial charge in [0.25, 0.3) is 0 Å². The average Bonchev–Trinajstić information content (AvgIpc) is 2.94. The summed E-state index contributed by atoms with van der Waals surface area (Å²) in [5, 5.41) is 33.1. The first-order valence-corrected chi connectivity index (χ1v) is 12.7. The minimum atomic E-state index is -1.82. The van der Waals surface area contributed by atoms with Crippen LogP contribution >= 0.6 is 0 Å². The zero-order chi connectivity index (χ0) is 30.0. The number of nitrogens with zero attached hydrogens (tertiary/aromatic N) is 1. The van der Waals surface area contributed by atoms with Crippen molar-refractivity contribution in [3.63, 3.8) is 0 Å². The number of hydrogen-bond acceptors (Lipinski definition) is 8. The number of piperidine rings is 1. The summed E-state index contributed by atoms with van der Waals surface area (Å²) >= 11 is 0. The van der Waals surface area contributed by atoms with E-state index in [4.69, 9.17) is 44.3 Å². The molecule has 0 saturated carbocycles. The molecule has 0 atom stereocenters. The Balaban J connectivity index is 0.000000559. The second-order valence-corrected chi connectivity index (χ2v) is 8.89. The van der Waals surface area contributed by atoms with Gasteiger partial charge in [0, 0.05) is 26.2 Å². The number of nitrogens with one attached hydrogen (secondary N) is 1. The molecule has 0 unspecified atom stereocenters. The van der Waals surface area contributed by atoms with Crippen molar-refractivity contribution in [3.8, 4) is 0 Å². The third-order valence-corrected chi connectivity index (χ3v) is 5.92. The topological polar surface area (TPSA) is 191 Å². The van der Waals surface area contributed by atoms with E-state index in [1.165, 1.54) is 11.1 Å². The molecular weight excluding hydrogens is 524 g/mol. The number of carboxylic acids is 4. The standard InChI is InChI=1S/C24H32N2O2.2C2H2O4/c1-2-3-18-28-23(27)24(25-19-21-10-6-4-7-11-21)14-16-26(17-15-24)20-22-12-8-5-9-13-22;2*3-1(4)2(5)6/h4-13,25H,2-3,14-20H2,1H3;2*(H,3,4)(H,5,6). The van der Waals surface area contributed by atoms with Gasteiger partial charge in [-0.25, -0.2) is 19.2 Å². The normalized spacial score (nSPS) is 13.8. The molecule has 218 valence electrons. The SMILES string of the molecule is CCCCOC(=O)C1(NCc2ccccc2)CCN(Cc2ccccc2)CC1.O=C(O)C(=O)O.O=C(O)C(=O)O. The summed E-state index contributed by atoms with van der Waals surface area (Å²) in [5.41, 5.74) is 1.92. The molecule has 0 spiro atoms. The molecule has 1 saturated heterocycles. The van der Waals surface area contributed by atoms with Crippen molar-refractivity contribution < 1.29 is 49.1 Å². The van der Waals surface area contributed by atoms with Crippen LogP contribution in [0.5, 0.6) is 0 Å². The van der Waals surface area contributed by atoms with Gasteiger partial charge in [-0.2, -0.15) is 0 Å². The van der Waals surface area contributed by atoms with Crippen LogP contribution in [0.1, 0.15) is 43.7 Å². The Labute approximate surface area is 232 Å². The lowest BCUT2D eigenvalue weighted by molar-refractivity contribution is -0.159. The summed E-state index contributed by atoms with van der Waals surface area (Å²) in [6.07, 6.45) is 3.50. The fourth-order valence-electron chi connectivity index (χ4n) is 3.70. The van der Waals surface area contributed by atoms with Gasteiger partial charge in [-0.1, -0.05) is 74.0 Å². The van der Waals surface area contributed by atoms with Crippen molar-refractivity contribution in [2.75, 3.05) is 19.7 Å². The number of carboxylic acid groups (broad SMARTS) is 4. The first kappa shape index (κ1) is 33.7. The van der Waals surface area contributed by atoms with Crippen molar-refractivity contribution in [1.29, 1.82) is 0 Å². The van der Waals surface area contributed by atoms with Gasteiger partial charge in [0.05, 0.1) is 6.61 Å². The van der Waals surface area contributed by atoms with Gasteiger partial charge >= 0.3 is 29.8 Å². The highest BCUT2D eigenvalue weighted by Gasteiger charge is 2.42. The summed E-state index contributed by atoms with van der Waals surface area (Å²) in [4.78, 5) is 51.8. The lowest BCUT2D eigenvalue weighted by atomic mass is 9.86. The molecule has 0 radical (unpaired) electrons. The fraction of sp³-hybridized carbons (Fsp3) is 0.393. The summed E-state index contributed by atoms with van der Waals surface area (Å²) in [6.45, 7) is 6.01. The Morgan fingerprint density at radius 2 is 1.23 bits per heavy atom. The molecule has 1 heterocycles. The molecular formula is C28H36N2O10. The lowest BCUT2D eigenvalue weighted by Gasteiger charge is -2.40. The van der Waals surface area contributed by atoms with Gasteiger partial charge in [-0.15, -0.1) is 0 Å². The van der Waals surface area contributed by atoms with Crippen molar-refractivity contribution in [2.45, 2.75) is 51.2 Å². The monoisotopic (exact) mass is 560 g/mol. The van der Waals surface area contributed by atoms with E-state index in [9.17, 15) is 4.79 Å². The number of ether oxygens (including phenoxy) is 1. The van der Waals surface area contributed by atoms with Crippen LogP contribution in [0.15, 0.2) is 60.7 Å². The number of carbonyl (C=O) groups excluding carboxylic acids is 1. The smallest absolute Gasteiger partial charge is 0.414 e. The van der Waals surface area contributed by atoms with Gasteiger partial charge in [-0.3, -0.25) is 15.0 Å². The molecule has 0 bridgehead atoms. The van der Waals surface area contributed by atoms with E-state index in [2.05, 4.69) is 53.5 Å². The summed E-state index contributed by atoms with van der Waals surface area (Å²) in [6, 6.07) is 20.8. The maximum absolute atomic E-state index is 13.0. The molecule has 12 heteroatoms. The van der Waals surface area contributed by atoms with Crippen molar-refractivity contribution in [3.05, 3.63) is 71.8 Å². The number of carbonyl (C=O) groups is 5. The number of esters is 1. The first-order chi connectivity index (χ1) is 19.0. The van der Waals surface area contributed by atoms with Crippen molar-refractivity contribution in [1.82, 2.24) is 10.2 Å². The average molecular weight is 561 g/mol. The van der Waals surface area contributed by atoms with Gasteiger partial charge < -0.3 is 25.2 Å². The molecule has 0 amide bonds. The second kappa shape index (κ2) is 18.1. The zero-order valence-electron chi connectivity index (χ0n) is 22.3. The van der Waals surface area contributed by atoms with Crippen LogP contribution in [0.4, 0.5) is 0 Å². The summed E-state index contributed by atoms with van der Waals surface area (Å²) in [7, 11) is 0. The quantitative estimate of drug-likeness (QED) is 0.171. The third kappa shape index (κ3) is 13.0. The Hall–Kier alpha value is -4.29. The largest absolute Gasteiger partial charge is 0.473 e. The molecule has 0 aromatic heterocycles. The van der Waals surface area contributed by atoms with Crippen molar-refractivity contribution >= 4 is 29.8 Å². The lowest BCUT2D eigenvalue weighted by Crippen LogP contribution is -2.58. The molecule has 2 aromatic rings. The molecule has 40 heavy (non-hydrogen) atoms. The predicted octanol–water partition coefficient (Wildman–Crippen LogP) is 2.47. The van der Waals surface area contributed by atoms with Crippen molar-refractivity contribution in [2.24, 2.45) is 0 Å². The Morgan fingerprint density at radius 3 is 1.65 bits per heavy atom. The number of benzene rings is 2. The van der Waals surface area contributed by atoms with E-state index < -0.39 is 29.4 Å².